The lowest BCUT2D eigenvalue weighted by atomic mass is 10.2. The van der Waals surface area contributed by atoms with Gasteiger partial charge in [0.1, 0.15) is 0 Å². The summed E-state index contributed by atoms with van der Waals surface area (Å²) < 4.78 is 6.16. The number of hydrogen-bond donors (Lipinski definition) is 0. The minimum Gasteiger partial charge on any atom is -0.415 e. The molecule has 0 aromatic carbocycles. The Labute approximate surface area is 106 Å². The first-order chi connectivity index (χ1) is 7.67. The molecule has 3 nitrogen and oxygen atoms in total. The fourth-order valence-electron chi connectivity index (χ4n) is 1.70. The lowest BCUT2D eigenvalue weighted by molar-refractivity contribution is -0.119. The average Bonchev–Trinajstić information content (AvgIpc) is 2.54. The Hall–Kier alpha value is -0.613. The van der Waals surface area contributed by atoms with Crippen LogP contribution in [0.1, 0.15) is 27.2 Å². The maximum atomic E-state index is 10.9. The number of amides is 1. The van der Waals surface area contributed by atoms with E-state index in [0.29, 0.717) is 13.2 Å². The van der Waals surface area contributed by atoms with Crippen LogP contribution in [0.4, 0.5) is 0 Å². The van der Waals surface area contributed by atoms with E-state index in [4.69, 9.17) is 4.43 Å². The number of carbonyl (C=O) groups is 1. The van der Waals surface area contributed by atoms with Crippen LogP contribution in [0.5, 0.6) is 0 Å². The zero-order valence-electron chi connectivity index (χ0n) is 11.7. The van der Waals surface area contributed by atoms with Crippen molar-refractivity contribution in [2.45, 2.75) is 51.4 Å². The standard InChI is InChI=1S/C13H25NO2Si/c1-11-7-12(14(8-11)10-15)9-16-17(5,6)13(2,3)4/h10,12H,1,7-9H2,2-6H3. The van der Waals surface area contributed by atoms with Gasteiger partial charge in [-0.3, -0.25) is 4.79 Å². The van der Waals surface area contributed by atoms with Gasteiger partial charge in [-0.25, -0.2) is 0 Å². The van der Waals surface area contributed by atoms with E-state index in [1.54, 1.807) is 4.90 Å². The minimum absolute atomic E-state index is 0.189. The summed E-state index contributed by atoms with van der Waals surface area (Å²) >= 11 is 0. The maximum absolute atomic E-state index is 10.9. The summed E-state index contributed by atoms with van der Waals surface area (Å²) in [5.74, 6) is 0. The van der Waals surface area contributed by atoms with E-state index in [2.05, 4.69) is 40.4 Å². The number of carbonyl (C=O) groups excluding carboxylic acids is 1. The molecule has 1 unspecified atom stereocenters. The predicted molar refractivity (Wildman–Crippen MR) is 73.5 cm³/mol. The second kappa shape index (κ2) is 4.94. The Balaban J connectivity index is 2.56. The van der Waals surface area contributed by atoms with Crippen LogP contribution in [-0.4, -0.2) is 38.8 Å². The van der Waals surface area contributed by atoms with Crippen LogP contribution < -0.4 is 0 Å². The highest BCUT2D eigenvalue weighted by atomic mass is 28.4. The van der Waals surface area contributed by atoms with Gasteiger partial charge >= 0.3 is 0 Å². The van der Waals surface area contributed by atoms with Gasteiger partial charge in [0.05, 0.1) is 12.6 Å². The van der Waals surface area contributed by atoms with Crippen LogP contribution in [0.2, 0.25) is 18.1 Å². The summed E-state index contributed by atoms with van der Waals surface area (Å²) in [7, 11) is -1.71. The number of likely N-dealkylation sites (tertiary alicyclic amines) is 1. The van der Waals surface area contributed by atoms with Crippen LogP contribution in [0.25, 0.3) is 0 Å². The lowest BCUT2D eigenvalue weighted by Crippen LogP contribution is -2.44. The highest BCUT2D eigenvalue weighted by Crippen LogP contribution is 2.37. The molecule has 98 valence electrons. The van der Waals surface area contributed by atoms with Crippen molar-refractivity contribution in [3.63, 3.8) is 0 Å². The second-order valence-corrected chi connectivity index (χ2v) is 11.3. The molecule has 1 atom stereocenters. The molecular weight excluding hydrogens is 230 g/mol. The van der Waals surface area contributed by atoms with Crippen molar-refractivity contribution < 1.29 is 9.22 Å². The molecule has 17 heavy (non-hydrogen) atoms. The zero-order chi connectivity index (χ0) is 13.3. The van der Waals surface area contributed by atoms with E-state index < -0.39 is 8.32 Å². The highest BCUT2D eigenvalue weighted by molar-refractivity contribution is 6.74. The van der Waals surface area contributed by atoms with Crippen molar-refractivity contribution in [1.29, 1.82) is 0 Å². The molecule has 0 saturated carbocycles. The van der Waals surface area contributed by atoms with Crippen molar-refractivity contribution in [3.8, 4) is 0 Å². The van der Waals surface area contributed by atoms with Crippen molar-refractivity contribution in [1.82, 2.24) is 4.90 Å². The molecule has 1 heterocycles. The molecule has 0 aromatic rings. The Morgan fingerprint density at radius 2 is 2.12 bits per heavy atom. The van der Waals surface area contributed by atoms with Crippen LogP contribution in [0, 0.1) is 0 Å². The summed E-state index contributed by atoms with van der Waals surface area (Å²) in [6.45, 7) is 16.4. The van der Waals surface area contributed by atoms with Gasteiger partial charge in [-0.2, -0.15) is 0 Å². The lowest BCUT2D eigenvalue weighted by Gasteiger charge is -2.37. The third-order valence-electron chi connectivity index (χ3n) is 3.98. The molecule has 0 bridgehead atoms. The van der Waals surface area contributed by atoms with Crippen molar-refractivity contribution in [2.75, 3.05) is 13.2 Å². The SMILES string of the molecule is C=C1CC(CO[Si](C)(C)C(C)(C)C)N(C=O)C1. The quantitative estimate of drug-likeness (QED) is 0.439. The zero-order valence-corrected chi connectivity index (χ0v) is 12.7. The number of hydrogen-bond acceptors (Lipinski definition) is 2. The summed E-state index contributed by atoms with van der Waals surface area (Å²) in [6, 6.07) is 0.189. The molecule has 0 aliphatic carbocycles. The van der Waals surface area contributed by atoms with Gasteiger partial charge in [0.25, 0.3) is 0 Å². The molecule has 0 spiro atoms. The fourth-order valence-corrected chi connectivity index (χ4v) is 2.74. The van der Waals surface area contributed by atoms with E-state index in [-0.39, 0.29) is 11.1 Å². The third kappa shape index (κ3) is 3.42. The Kier molecular flexibility index (Phi) is 4.20. The smallest absolute Gasteiger partial charge is 0.210 e. The summed E-state index contributed by atoms with van der Waals surface area (Å²) in [5, 5.41) is 0.217. The van der Waals surface area contributed by atoms with E-state index in [0.717, 1.165) is 18.4 Å². The van der Waals surface area contributed by atoms with Crippen molar-refractivity contribution in [2.24, 2.45) is 0 Å². The molecule has 1 amide bonds. The second-order valence-electron chi connectivity index (χ2n) is 6.46. The first-order valence-corrected chi connectivity index (χ1v) is 9.10. The molecule has 1 saturated heterocycles. The largest absolute Gasteiger partial charge is 0.415 e. The molecule has 0 radical (unpaired) electrons. The van der Waals surface area contributed by atoms with Gasteiger partial charge < -0.3 is 9.33 Å². The number of nitrogens with zero attached hydrogens (tertiary/aromatic N) is 1. The highest BCUT2D eigenvalue weighted by Gasteiger charge is 2.38. The van der Waals surface area contributed by atoms with Crippen LogP contribution in [0.3, 0.4) is 0 Å². The normalized spacial score (nSPS) is 22.1. The van der Waals surface area contributed by atoms with Crippen molar-refractivity contribution in [3.05, 3.63) is 12.2 Å². The fraction of sp³-hybridized carbons (Fsp3) is 0.769. The first-order valence-electron chi connectivity index (χ1n) is 6.19. The number of rotatable bonds is 4. The van der Waals surface area contributed by atoms with Gasteiger partial charge in [0, 0.05) is 6.54 Å². The Bertz CT molecular complexity index is 307. The maximum Gasteiger partial charge on any atom is 0.210 e. The summed E-state index contributed by atoms with van der Waals surface area (Å²) in [4.78, 5) is 12.7. The van der Waals surface area contributed by atoms with Crippen LogP contribution in [0.15, 0.2) is 12.2 Å². The van der Waals surface area contributed by atoms with Gasteiger partial charge in [-0.1, -0.05) is 32.9 Å². The average molecular weight is 255 g/mol. The van der Waals surface area contributed by atoms with E-state index in [1.807, 2.05) is 0 Å². The summed E-state index contributed by atoms with van der Waals surface area (Å²) in [6.07, 6.45) is 1.80. The molecular formula is C13H25NO2Si. The van der Waals surface area contributed by atoms with Gasteiger partial charge in [-0.05, 0) is 24.6 Å². The molecule has 4 heteroatoms. The van der Waals surface area contributed by atoms with Gasteiger partial charge in [0.15, 0.2) is 8.32 Å². The molecule has 1 aliphatic rings. The molecule has 1 rings (SSSR count). The van der Waals surface area contributed by atoms with E-state index >= 15 is 0 Å². The summed E-state index contributed by atoms with van der Waals surface area (Å²) in [5.41, 5.74) is 1.13. The van der Waals surface area contributed by atoms with Gasteiger partial charge in [0.2, 0.25) is 6.41 Å². The minimum atomic E-state index is -1.71. The van der Waals surface area contributed by atoms with Crippen LogP contribution in [-0.2, 0) is 9.22 Å². The molecule has 1 fully saturated rings. The third-order valence-corrected chi connectivity index (χ3v) is 8.48. The molecule has 1 aliphatic heterocycles. The Morgan fingerprint density at radius 1 is 1.53 bits per heavy atom. The first kappa shape index (κ1) is 14.4. The van der Waals surface area contributed by atoms with Crippen molar-refractivity contribution >= 4 is 14.7 Å². The molecule has 0 aromatic heterocycles. The topological polar surface area (TPSA) is 29.5 Å². The molecule has 0 N–H and O–H groups in total. The predicted octanol–water partition coefficient (Wildman–Crippen LogP) is 2.80. The Morgan fingerprint density at radius 3 is 2.59 bits per heavy atom. The van der Waals surface area contributed by atoms with E-state index in [9.17, 15) is 4.79 Å². The van der Waals surface area contributed by atoms with Gasteiger partial charge in [-0.15, -0.1) is 0 Å². The monoisotopic (exact) mass is 255 g/mol. The van der Waals surface area contributed by atoms with Crippen LogP contribution >= 0.6 is 0 Å². The van der Waals surface area contributed by atoms with E-state index in [1.165, 1.54) is 0 Å².